The molecule has 4 aromatic rings. The molecule has 4 aromatic carbocycles. The molecule has 1 saturated heterocycles. The van der Waals surface area contributed by atoms with Gasteiger partial charge in [0.1, 0.15) is 5.37 Å². The number of methoxy groups -OCH3 is 1. The van der Waals surface area contributed by atoms with Crippen molar-refractivity contribution in [1.29, 1.82) is 0 Å². The van der Waals surface area contributed by atoms with Gasteiger partial charge in [-0.05, 0) is 79.1 Å². The minimum Gasteiger partial charge on any atom is -0.493 e. The number of carbonyl (C=O) groups excluding carboxylic acids is 2. The highest BCUT2D eigenvalue weighted by molar-refractivity contribution is 8.01. The molecule has 258 valence electrons. The van der Waals surface area contributed by atoms with Gasteiger partial charge in [-0.3, -0.25) is 24.6 Å². The second kappa shape index (κ2) is 15.9. The number of nitro groups is 1. The molecule has 0 unspecified atom stereocenters. The van der Waals surface area contributed by atoms with Gasteiger partial charge in [0.05, 0.1) is 28.8 Å². The van der Waals surface area contributed by atoms with Gasteiger partial charge < -0.3 is 14.8 Å². The fourth-order valence-corrected chi connectivity index (χ4v) is 7.24. The molecule has 12 nitrogen and oxygen atoms in total. The maximum absolute atomic E-state index is 13.8. The molecule has 0 aromatic heterocycles. The molecule has 1 aliphatic heterocycles. The Hall–Kier alpha value is -5.36. The number of nitrogens with two attached hydrogens (primary N) is 1. The van der Waals surface area contributed by atoms with E-state index in [2.05, 4.69) is 17.2 Å². The molecule has 0 radical (unpaired) electrons. The number of nitro benzene ring substituents is 1. The summed E-state index contributed by atoms with van der Waals surface area (Å²) < 4.78 is 34.7. The number of carbonyl (C=O) groups is 2. The zero-order valence-electron chi connectivity index (χ0n) is 27.2. The number of rotatable bonds is 12. The van der Waals surface area contributed by atoms with E-state index in [9.17, 15) is 28.1 Å². The molecular weight excluding hydrogens is 681 g/mol. The lowest BCUT2D eigenvalue weighted by molar-refractivity contribution is -0.384. The predicted molar refractivity (Wildman–Crippen MR) is 190 cm³/mol. The maximum atomic E-state index is 13.8. The van der Waals surface area contributed by atoms with Crippen molar-refractivity contribution in [3.63, 3.8) is 0 Å². The Labute approximate surface area is 294 Å². The molecule has 0 bridgehead atoms. The molecule has 5 rings (SSSR count). The van der Waals surface area contributed by atoms with Crippen molar-refractivity contribution in [2.24, 2.45) is 5.14 Å². The van der Waals surface area contributed by atoms with E-state index in [1.807, 2.05) is 37.3 Å². The van der Waals surface area contributed by atoms with E-state index in [-0.39, 0.29) is 28.8 Å². The molecule has 3 N–H and O–H groups in total. The van der Waals surface area contributed by atoms with E-state index >= 15 is 0 Å². The van der Waals surface area contributed by atoms with E-state index in [4.69, 9.17) is 14.6 Å². The van der Waals surface area contributed by atoms with Gasteiger partial charge in [-0.1, -0.05) is 36.1 Å². The zero-order valence-corrected chi connectivity index (χ0v) is 28.8. The van der Waals surface area contributed by atoms with Crippen LogP contribution in [0.2, 0.25) is 0 Å². The first-order valence-electron chi connectivity index (χ1n) is 15.5. The predicted octanol–water partition coefficient (Wildman–Crippen LogP) is 4.95. The van der Waals surface area contributed by atoms with Crippen LogP contribution in [-0.2, 0) is 26.0 Å². The van der Waals surface area contributed by atoms with Crippen LogP contribution in [0.15, 0.2) is 95.9 Å². The van der Waals surface area contributed by atoms with Gasteiger partial charge in [-0.15, -0.1) is 11.8 Å². The van der Waals surface area contributed by atoms with Gasteiger partial charge >= 0.3 is 0 Å². The summed E-state index contributed by atoms with van der Waals surface area (Å²) in [4.78, 5) is 39.0. The standard InChI is InChI=1S/C36H34N4O8S2/c1-3-48-32-22-26(11-18-31(32)47-2)19-20-38-34(41)23-33-35(42)39(28-14-16-30(17-15-28)50(37,45)46)36(49-33)27-12-9-24(10-13-27)7-8-25-5-4-6-29(21-25)40(43)44/h4-6,9-18,21-22,33,36H,3,19-20,23H2,1-2H3,(H,38,41)(H2,37,45,46)/t33-,36+/m1/s1. The van der Waals surface area contributed by atoms with Gasteiger partial charge in [0.15, 0.2) is 11.5 Å². The third-order valence-corrected chi connectivity index (χ3v) is 10.1. The third-order valence-electron chi connectivity index (χ3n) is 7.72. The van der Waals surface area contributed by atoms with Crippen LogP contribution in [0.3, 0.4) is 0 Å². The SMILES string of the molecule is CCOc1cc(CCNC(=O)C[C@H]2S[C@@H](c3ccc(C#Cc4cccc([N+](=O)[O-])c4)cc3)N(c3ccc(S(N)(=O)=O)cc3)C2=O)ccc1OC. The first kappa shape index (κ1) is 35.9. The summed E-state index contributed by atoms with van der Waals surface area (Å²) in [6.45, 7) is 2.72. The minimum atomic E-state index is -3.95. The molecule has 2 atom stereocenters. The highest BCUT2D eigenvalue weighted by Crippen LogP contribution is 2.46. The number of sulfonamides is 1. The summed E-state index contributed by atoms with van der Waals surface area (Å²) >= 11 is 1.32. The second-order valence-corrected chi connectivity index (χ2v) is 14.0. The van der Waals surface area contributed by atoms with Crippen molar-refractivity contribution < 1.29 is 32.4 Å². The number of amides is 2. The Morgan fingerprint density at radius 1 is 1.00 bits per heavy atom. The van der Waals surface area contributed by atoms with Crippen molar-refractivity contribution in [2.45, 2.75) is 35.3 Å². The number of primary sulfonamides is 1. The number of hydrogen-bond donors (Lipinski definition) is 2. The fourth-order valence-electron chi connectivity index (χ4n) is 5.27. The Balaban J connectivity index is 1.31. The van der Waals surface area contributed by atoms with E-state index in [1.165, 1.54) is 48.2 Å². The third kappa shape index (κ3) is 8.80. The summed E-state index contributed by atoms with van der Waals surface area (Å²) in [5.74, 6) is 6.60. The first-order valence-corrected chi connectivity index (χ1v) is 18.0. The number of nitrogens with one attached hydrogen (secondary N) is 1. The van der Waals surface area contributed by atoms with Crippen LogP contribution in [0, 0.1) is 22.0 Å². The quantitative estimate of drug-likeness (QED) is 0.117. The van der Waals surface area contributed by atoms with Crippen LogP contribution in [0.25, 0.3) is 0 Å². The average Bonchev–Trinajstić information content (AvgIpc) is 3.42. The lowest BCUT2D eigenvalue weighted by atomic mass is 10.1. The van der Waals surface area contributed by atoms with Crippen LogP contribution in [0.5, 0.6) is 11.5 Å². The minimum absolute atomic E-state index is 0.0520. The zero-order chi connectivity index (χ0) is 35.8. The van der Waals surface area contributed by atoms with E-state index < -0.39 is 25.6 Å². The molecule has 1 fully saturated rings. The Morgan fingerprint density at radius 3 is 2.38 bits per heavy atom. The molecule has 2 amide bonds. The second-order valence-electron chi connectivity index (χ2n) is 11.1. The molecular formula is C36H34N4O8S2. The Morgan fingerprint density at radius 2 is 1.72 bits per heavy atom. The molecule has 1 heterocycles. The summed E-state index contributed by atoms with van der Waals surface area (Å²) in [7, 11) is -2.37. The van der Waals surface area contributed by atoms with Crippen molar-refractivity contribution in [3.8, 4) is 23.3 Å². The van der Waals surface area contributed by atoms with Crippen molar-refractivity contribution in [2.75, 3.05) is 25.2 Å². The van der Waals surface area contributed by atoms with E-state index in [0.717, 1.165) is 11.1 Å². The lowest BCUT2D eigenvalue weighted by Gasteiger charge is -2.24. The first-order chi connectivity index (χ1) is 24.0. The maximum Gasteiger partial charge on any atom is 0.270 e. The van der Waals surface area contributed by atoms with E-state index in [0.29, 0.717) is 47.9 Å². The van der Waals surface area contributed by atoms with Crippen molar-refractivity contribution in [1.82, 2.24) is 5.32 Å². The van der Waals surface area contributed by atoms with Crippen LogP contribution in [-0.4, -0.2) is 50.7 Å². The number of hydrogen-bond acceptors (Lipinski definition) is 9. The van der Waals surface area contributed by atoms with Crippen molar-refractivity contribution in [3.05, 3.63) is 123 Å². The number of benzene rings is 4. The summed E-state index contributed by atoms with van der Waals surface area (Å²) in [6.07, 6.45) is 0.481. The van der Waals surface area contributed by atoms with Gasteiger partial charge in [0, 0.05) is 41.9 Å². The smallest absolute Gasteiger partial charge is 0.270 e. The van der Waals surface area contributed by atoms with Crippen LogP contribution < -0.4 is 24.8 Å². The topological polar surface area (TPSA) is 171 Å². The van der Waals surface area contributed by atoms with Gasteiger partial charge in [0.2, 0.25) is 21.8 Å². The van der Waals surface area contributed by atoms with Crippen LogP contribution in [0.4, 0.5) is 11.4 Å². The normalized spacial score (nSPS) is 15.6. The molecule has 50 heavy (non-hydrogen) atoms. The fraction of sp³-hybridized carbons (Fsp3) is 0.222. The summed E-state index contributed by atoms with van der Waals surface area (Å²) in [5.41, 5.74) is 3.25. The molecule has 0 spiro atoms. The largest absolute Gasteiger partial charge is 0.493 e. The van der Waals surface area contributed by atoms with E-state index in [1.54, 1.807) is 36.3 Å². The van der Waals surface area contributed by atoms with Gasteiger partial charge in [-0.25, -0.2) is 13.6 Å². The Bertz CT molecular complexity index is 2060. The monoisotopic (exact) mass is 714 g/mol. The van der Waals surface area contributed by atoms with Crippen molar-refractivity contribution >= 4 is 45.0 Å². The van der Waals surface area contributed by atoms with Crippen LogP contribution in [0.1, 0.15) is 41.0 Å². The molecule has 1 aliphatic rings. The molecule has 0 aliphatic carbocycles. The molecule has 14 heteroatoms. The summed E-state index contributed by atoms with van der Waals surface area (Å²) in [5, 5.41) is 18.0. The highest BCUT2D eigenvalue weighted by atomic mass is 32.2. The van der Waals surface area contributed by atoms with Gasteiger partial charge in [-0.2, -0.15) is 0 Å². The Kier molecular flexibility index (Phi) is 11.4. The number of non-ortho nitro benzene ring substituents is 1. The van der Waals surface area contributed by atoms with Crippen LogP contribution >= 0.6 is 11.8 Å². The molecule has 0 saturated carbocycles. The number of anilines is 1. The highest BCUT2D eigenvalue weighted by Gasteiger charge is 2.42. The number of nitrogens with zero attached hydrogens (tertiary/aromatic N) is 2. The average molecular weight is 715 g/mol. The van der Waals surface area contributed by atoms with Gasteiger partial charge in [0.25, 0.3) is 5.69 Å². The summed E-state index contributed by atoms with van der Waals surface area (Å²) in [6, 6.07) is 24.5. The number of thioether (sulfide) groups is 1. The lowest BCUT2D eigenvalue weighted by Crippen LogP contribution is -2.34. The number of ether oxygens (including phenoxy) is 2.